The molecule has 5 nitrogen and oxygen atoms in total. The summed E-state index contributed by atoms with van der Waals surface area (Å²) in [5.41, 5.74) is 0.470. The number of methoxy groups -OCH3 is 1. The lowest BCUT2D eigenvalue weighted by Gasteiger charge is -2.11. The van der Waals surface area contributed by atoms with Gasteiger partial charge in [-0.05, 0) is 29.0 Å². The maximum absolute atomic E-state index is 11.9. The highest BCUT2D eigenvalue weighted by Gasteiger charge is 2.26. The van der Waals surface area contributed by atoms with Gasteiger partial charge in [0.1, 0.15) is 10.2 Å². The van der Waals surface area contributed by atoms with Crippen molar-refractivity contribution in [1.29, 1.82) is 0 Å². The number of hydrogen-bond donors (Lipinski definition) is 1. The number of nitrogens with one attached hydrogen (secondary N) is 1. The molecule has 1 heterocycles. The zero-order valence-corrected chi connectivity index (χ0v) is 11.1. The maximum Gasteiger partial charge on any atom is 0.231 e. The largest absolute Gasteiger partial charge is 0.495 e. The van der Waals surface area contributed by atoms with Gasteiger partial charge >= 0.3 is 0 Å². The number of fused-ring (bicyclic) bond motifs is 1. The van der Waals surface area contributed by atoms with Gasteiger partial charge in [0, 0.05) is 0 Å². The first-order valence-corrected chi connectivity index (χ1v) is 5.82. The van der Waals surface area contributed by atoms with Gasteiger partial charge in [-0.2, -0.15) is 0 Å². The average Bonchev–Trinajstić information content (AvgIpc) is 2.77. The van der Waals surface area contributed by atoms with Gasteiger partial charge in [0.15, 0.2) is 17.3 Å². The Balaban J connectivity index is 2.51. The van der Waals surface area contributed by atoms with Crippen LogP contribution in [0.15, 0.2) is 10.5 Å². The van der Waals surface area contributed by atoms with Crippen LogP contribution in [0.1, 0.15) is 10.4 Å². The number of carbonyl (C=O) groups is 1. The van der Waals surface area contributed by atoms with Crippen molar-refractivity contribution in [2.75, 3.05) is 27.5 Å². The zero-order chi connectivity index (χ0) is 12.4. The van der Waals surface area contributed by atoms with Gasteiger partial charge in [-0.25, -0.2) is 0 Å². The van der Waals surface area contributed by atoms with E-state index in [1.807, 2.05) is 0 Å². The number of halogens is 1. The van der Waals surface area contributed by atoms with Crippen LogP contribution in [-0.4, -0.2) is 33.3 Å². The summed E-state index contributed by atoms with van der Waals surface area (Å²) < 4.78 is 16.4. The Hall–Kier alpha value is -1.27. The van der Waals surface area contributed by atoms with E-state index in [9.17, 15) is 4.79 Å². The molecular formula is C11H12BrNO4. The third kappa shape index (κ3) is 2.10. The van der Waals surface area contributed by atoms with Gasteiger partial charge < -0.3 is 19.5 Å². The second kappa shape index (κ2) is 4.93. The summed E-state index contributed by atoms with van der Waals surface area (Å²) in [6, 6.07) is 1.64. The first-order chi connectivity index (χ1) is 8.19. The summed E-state index contributed by atoms with van der Waals surface area (Å²) in [4.78, 5) is 11.9. The summed E-state index contributed by atoms with van der Waals surface area (Å²) in [6.07, 6.45) is 0. The van der Waals surface area contributed by atoms with Crippen molar-refractivity contribution >= 4 is 21.7 Å². The Morgan fingerprint density at radius 2 is 2.35 bits per heavy atom. The molecule has 17 heavy (non-hydrogen) atoms. The Morgan fingerprint density at radius 1 is 1.59 bits per heavy atom. The van der Waals surface area contributed by atoms with Crippen LogP contribution >= 0.6 is 15.9 Å². The van der Waals surface area contributed by atoms with Gasteiger partial charge in [-0.1, -0.05) is 0 Å². The number of hydrogen-bond acceptors (Lipinski definition) is 5. The van der Waals surface area contributed by atoms with Crippen molar-refractivity contribution in [1.82, 2.24) is 5.32 Å². The molecule has 0 spiro atoms. The quantitative estimate of drug-likeness (QED) is 0.856. The van der Waals surface area contributed by atoms with E-state index in [1.54, 1.807) is 13.1 Å². The topological polar surface area (TPSA) is 56.8 Å². The third-order valence-electron chi connectivity index (χ3n) is 2.40. The summed E-state index contributed by atoms with van der Waals surface area (Å²) in [7, 11) is 3.23. The lowest BCUT2D eigenvalue weighted by atomic mass is 10.1. The van der Waals surface area contributed by atoms with Crippen molar-refractivity contribution in [2.45, 2.75) is 0 Å². The molecule has 0 unspecified atom stereocenters. The van der Waals surface area contributed by atoms with E-state index >= 15 is 0 Å². The molecule has 2 rings (SSSR count). The summed E-state index contributed by atoms with van der Waals surface area (Å²) in [6.45, 7) is 0.392. The Morgan fingerprint density at radius 3 is 3.00 bits per heavy atom. The van der Waals surface area contributed by atoms with E-state index in [0.29, 0.717) is 27.3 Å². The highest BCUT2D eigenvalue weighted by molar-refractivity contribution is 9.10. The SMILES string of the molecule is CNCC(=O)c1cc2c(c(Br)c1OC)OCO2. The van der Waals surface area contributed by atoms with Gasteiger partial charge in [0.05, 0.1) is 19.2 Å². The highest BCUT2D eigenvalue weighted by Crippen LogP contribution is 2.46. The second-order valence-corrected chi connectivity index (χ2v) is 4.25. The predicted octanol–water partition coefficient (Wildman–Crippen LogP) is 1.59. The molecule has 0 atom stereocenters. The first kappa shape index (κ1) is 12.2. The van der Waals surface area contributed by atoms with Crippen molar-refractivity contribution in [2.24, 2.45) is 0 Å². The molecule has 0 bridgehead atoms. The fraction of sp³-hybridized carbons (Fsp3) is 0.364. The Kier molecular flexibility index (Phi) is 3.54. The molecule has 0 saturated carbocycles. The smallest absolute Gasteiger partial charge is 0.231 e. The highest BCUT2D eigenvalue weighted by atomic mass is 79.9. The molecule has 1 aromatic rings. The molecule has 0 radical (unpaired) electrons. The molecule has 6 heteroatoms. The average molecular weight is 302 g/mol. The zero-order valence-electron chi connectivity index (χ0n) is 9.50. The van der Waals surface area contributed by atoms with Crippen molar-refractivity contribution < 1.29 is 19.0 Å². The second-order valence-electron chi connectivity index (χ2n) is 3.46. The minimum Gasteiger partial charge on any atom is -0.495 e. The lowest BCUT2D eigenvalue weighted by molar-refractivity contribution is 0.0990. The van der Waals surface area contributed by atoms with Crippen LogP contribution in [-0.2, 0) is 0 Å². The number of ether oxygens (including phenoxy) is 3. The monoisotopic (exact) mass is 301 g/mol. The van der Waals surface area contributed by atoms with Gasteiger partial charge in [-0.15, -0.1) is 0 Å². The van der Waals surface area contributed by atoms with Gasteiger partial charge in [0.2, 0.25) is 6.79 Å². The fourth-order valence-corrected chi connectivity index (χ4v) is 2.33. The Labute approximate surface area is 107 Å². The van der Waals surface area contributed by atoms with Crippen LogP contribution in [0.4, 0.5) is 0 Å². The number of carbonyl (C=O) groups excluding carboxylic acids is 1. The Bertz CT molecular complexity index is 461. The van der Waals surface area contributed by atoms with Crippen LogP contribution in [0.3, 0.4) is 0 Å². The molecule has 1 aliphatic rings. The van der Waals surface area contributed by atoms with E-state index in [1.165, 1.54) is 7.11 Å². The number of ketones is 1. The molecular weight excluding hydrogens is 290 g/mol. The lowest BCUT2D eigenvalue weighted by Crippen LogP contribution is -2.19. The van der Waals surface area contributed by atoms with Crippen LogP contribution in [0, 0.1) is 0 Å². The van der Waals surface area contributed by atoms with Crippen LogP contribution in [0.25, 0.3) is 0 Å². The molecule has 0 aliphatic carbocycles. The van der Waals surface area contributed by atoms with E-state index in [0.717, 1.165) is 0 Å². The van der Waals surface area contributed by atoms with Crippen molar-refractivity contribution in [3.63, 3.8) is 0 Å². The molecule has 0 aromatic heterocycles. The normalized spacial score (nSPS) is 12.6. The molecule has 1 N–H and O–H groups in total. The molecule has 92 valence electrons. The van der Waals surface area contributed by atoms with Gasteiger partial charge in [-0.3, -0.25) is 4.79 Å². The van der Waals surface area contributed by atoms with Crippen LogP contribution < -0.4 is 19.5 Å². The van der Waals surface area contributed by atoms with Crippen molar-refractivity contribution in [3.05, 3.63) is 16.1 Å². The molecule has 0 amide bonds. The fourth-order valence-electron chi connectivity index (χ4n) is 1.65. The van der Waals surface area contributed by atoms with E-state index in [2.05, 4.69) is 21.2 Å². The standard InChI is InChI=1S/C11H12BrNO4/c1-13-4-7(14)6-3-8-11(17-5-16-8)9(12)10(6)15-2/h3,13H,4-5H2,1-2H3. The molecule has 1 aromatic carbocycles. The van der Waals surface area contributed by atoms with Crippen LogP contribution in [0.5, 0.6) is 17.2 Å². The minimum absolute atomic E-state index is 0.0663. The number of Topliss-reactive ketones (excluding diaryl/α,β-unsaturated/α-hetero) is 1. The minimum atomic E-state index is -0.0663. The van der Waals surface area contributed by atoms with Gasteiger partial charge in [0.25, 0.3) is 0 Å². The van der Waals surface area contributed by atoms with Crippen molar-refractivity contribution in [3.8, 4) is 17.2 Å². The third-order valence-corrected chi connectivity index (χ3v) is 3.12. The van der Waals surface area contributed by atoms with Crippen LogP contribution in [0.2, 0.25) is 0 Å². The predicted molar refractivity (Wildman–Crippen MR) is 65.1 cm³/mol. The summed E-state index contributed by atoms with van der Waals surface area (Å²) >= 11 is 3.36. The number of benzene rings is 1. The number of rotatable bonds is 4. The number of likely N-dealkylation sites (N-methyl/N-ethyl adjacent to an activating group) is 1. The van der Waals surface area contributed by atoms with E-state index in [-0.39, 0.29) is 19.1 Å². The van der Waals surface area contributed by atoms with E-state index < -0.39 is 0 Å². The van der Waals surface area contributed by atoms with E-state index in [4.69, 9.17) is 14.2 Å². The molecule has 0 fully saturated rings. The summed E-state index contributed by atoms with van der Waals surface area (Å²) in [5, 5.41) is 2.81. The maximum atomic E-state index is 11.9. The molecule has 1 aliphatic heterocycles. The summed E-state index contributed by atoms with van der Waals surface area (Å²) in [5.74, 6) is 1.53. The molecule has 0 saturated heterocycles. The first-order valence-electron chi connectivity index (χ1n) is 5.03.